The van der Waals surface area contributed by atoms with Crippen molar-refractivity contribution in [3.8, 4) is 0 Å². The van der Waals surface area contributed by atoms with Crippen LogP contribution in [0, 0.1) is 0 Å². The van der Waals surface area contributed by atoms with Gasteiger partial charge in [0.05, 0.1) is 1.37 Å². The molecule has 0 amide bonds. The Morgan fingerprint density at radius 1 is 1.62 bits per heavy atom. The predicted octanol–water partition coefficient (Wildman–Crippen LogP) is 3.06. The van der Waals surface area contributed by atoms with Crippen LogP contribution in [-0.4, -0.2) is 17.8 Å². The van der Waals surface area contributed by atoms with E-state index in [1.165, 1.54) is 0 Å². The minimum atomic E-state index is -3.80. The molecule has 1 aliphatic rings. The van der Waals surface area contributed by atoms with E-state index in [1.807, 2.05) is 0 Å². The molecule has 0 bridgehead atoms. The third kappa shape index (κ3) is 4.36. The number of halogens is 1. The highest BCUT2D eigenvalue weighted by atomic mass is 35.5. The monoisotopic (exact) mass is 217 g/mol. The maximum Gasteiger partial charge on any atom is 0.510 e. The number of carbonyl (C=O) groups excluding carboxylic acids is 1. The number of hydrogen-bond donors (Lipinski definition) is 0. The van der Waals surface area contributed by atoms with Crippen LogP contribution in [-0.2, 0) is 9.47 Å². The molecular weight excluding hydrogens is 192 g/mol. The lowest BCUT2D eigenvalue weighted by Gasteiger charge is -2.21. The second-order valence-corrected chi connectivity index (χ2v) is 2.58. The Kier molecular flexibility index (Phi) is 1.24. The second kappa shape index (κ2) is 5.32. The summed E-state index contributed by atoms with van der Waals surface area (Å²) < 4.78 is 93.2. The SMILES string of the molecule is [2H]C1([2H])C([2H])([2H])C([2H])([2H])C([2H])(OC(=O)OC(C)Cl)C([2H])([2H])C1([2H])[2H]. The fourth-order valence-electron chi connectivity index (χ4n) is 0.530. The quantitative estimate of drug-likeness (QED) is 0.527. The average Bonchev–Trinajstić information content (AvgIpc) is 2.34. The topological polar surface area (TPSA) is 35.5 Å². The van der Waals surface area contributed by atoms with Gasteiger partial charge < -0.3 is 9.47 Å². The fraction of sp³-hybridized carbons (Fsp3) is 0.889. The molecule has 0 saturated heterocycles. The first kappa shape index (κ1) is 3.02. The molecule has 1 saturated carbocycles. The van der Waals surface area contributed by atoms with Crippen LogP contribution < -0.4 is 0 Å². The van der Waals surface area contributed by atoms with Gasteiger partial charge in [-0.05, 0) is 32.4 Å². The molecule has 0 aliphatic heterocycles. The van der Waals surface area contributed by atoms with Gasteiger partial charge in [0.25, 0.3) is 0 Å². The molecule has 76 valence electrons. The van der Waals surface area contributed by atoms with Crippen LogP contribution in [0.1, 0.15) is 53.9 Å². The molecule has 0 radical (unpaired) electrons. The van der Waals surface area contributed by atoms with Crippen molar-refractivity contribution in [3.63, 3.8) is 0 Å². The normalized spacial score (nSPS) is 55.1. The van der Waals surface area contributed by atoms with E-state index < -0.39 is 49.7 Å². The first-order valence-corrected chi connectivity index (χ1v) is 3.78. The Morgan fingerprint density at radius 2 is 2.23 bits per heavy atom. The average molecular weight is 218 g/mol. The number of ether oxygens (including phenoxy) is 2. The molecular formula is C9H15ClO3. The minimum absolute atomic E-state index is 1.15. The number of carbonyl (C=O) groups is 1. The van der Waals surface area contributed by atoms with Crippen LogP contribution in [0.5, 0.6) is 0 Å². The fourth-order valence-corrected chi connectivity index (χ4v) is 0.602. The van der Waals surface area contributed by atoms with E-state index in [9.17, 15) is 4.79 Å². The zero-order valence-corrected chi connectivity index (χ0v) is 7.44. The Hall–Kier alpha value is -0.440. The van der Waals surface area contributed by atoms with Gasteiger partial charge in [-0.2, -0.15) is 0 Å². The molecule has 13 heavy (non-hydrogen) atoms. The summed E-state index contributed by atoms with van der Waals surface area (Å²) in [5.41, 5.74) is -1.30. The zero-order chi connectivity index (χ0) is 19.6. The first-order chi connectivity index (χ1) is 10.3. The Balaban J connectivity index is 3.60. The number of alkyl halides is 1. The van der Waals surface area contributed by atoms with E-state index in [2.05, 4.69) is 9.47 Å². The molecule has 1 aliphatic carbocycles. The Bertz CT molecular complexity index is 503. The van der Waals surface area contributed by atoms with Crippen molar-refractivity contribution < 1.29 is 29.3 Å². The van der Waals surface area contributed by atoms with Crippen molar-refractivity contribution in [1.82, 2.24) is 0 Å². The first-order valence-electron chi connectivity index (χ1n) is 8.85. The van der Waals surface area contributed by atoms with Crippen molar-refractivity contribution in [2.45, 2.75) is 50.4 Å². The molecule has 0 aromatic rings. The predicted molar refractivity (Wildman–Crippen MR) is 49.8 cm³/mol. The van der Waals surface area contributed by atoms with E-state index in [-0.39, 0.29) is 0 Å². The van der Waals surface area contributed by atoms with E-state index in [4.69, 9.17) is 26.7 Å². The van der Waals surface area contributed by atoms with Crippen molar-refractivity contribution in [2.75, 3.05) is 0 Å². The molecule has 1 unspecified atom stereocenters. The summed E-state index contributed by atoms with van der Waals surface area (Å²) in [5, 5.41) is 0. The van der Waals surface area contributed by atoms with Crippen LogP contribution in [0.2, 0.25) is 0 Å². The van der Waals surface area contributed by atoms with Crippen molar-refractivity contribution in [3.05, 3.63) is 0 Å². The standard InChI is InChI=1S/C9H15ClO3/c1-7(10)12-9(11)13-8-5-3-2-4-6-8/h7-8H,2-6H2,1H3/i2D2,3D2,4D2,5D2,6D2,8D. The van der Waals surface area contributed by atoms with E-state index in [0.29, 0.717) is 0 Å². The summed E-state index contributed by atoms with van der Waals surface area (Å²) in [6, 6.07) is 0. The van der Waals surface area contributed by atoms with Gasteiger partial charge in [-0.1, -0.05) is 18.0 Å². The van der Waals surface area contributed by atoms with Crippen LogP contribution >= 0.6 is 11.6 Å². The lowest BCUT2D eigenvalue weighted by molar-refractivity contribution is 0.00734. The van der Waals surface area contributed by atoms with Gasteiger partial charge in [-0.25, -0.2) is 4.79 Å². The van der Waals surface area contributed by atoms with Crippen LogP contribution in [0.3, 0.4) is 0 Å². The van der Waals surface area contributed by atoms with Crippen LogP contribution in [0.4, 0.5) is 4.79 Å². The Morgan fingerprint density at radius 3 is 2.77 bits per heavy atom. The molecule has 0 aromatic heterocycles. The van der Waals surface area contributed by atoms with Gasteiger partial charge in [0.1, 0.15) is 6.08 Å². The summed E-state index contributed by atoms with van der Waals surface area (Å²) in [6.07, 6.45) is -24.4. The maximum absolute atomic E-state index is 11.6. The molecule has 0 heterocycles. The van der Waals surface area contributed by atoms with Gasteiger partial charge in [0.2, 0.25) is 0 Å². The summed E-state index contributed by atoms with van der Waals surface area (Å²) in [4.78, 5) is 11.6. The third-order valence-corrected chi connectivity index (χ3v) is 1.01. The molecule has 3 nitrogen and oxygen atoms in total. The third-order valence-electron chi connectivity index (χ3n) is 0.921. The van der Waals surface area contributed by atoms with Gasteiger partial charge in [0, 0.05) is 13.7 Å². The largest absolute Gasteiger partial charge is 0.510 e. The van der Waals surface area contributed by atoms with Gasteiger partial charge in [-0.3, -0.25) is 0 Å². The Labute approximate surface area is 98.8 Å². The molecule has 1 fully saturated rings. The van der Waals surface area contributed by atoms with Crippen molar-refractivity contribution >= 4 is 17.8 Å². The molecule has 0 spiro atoms. The summed E-state index contributed by atoms with van der Waals surface area (Å²) in [7, 11) is 0. The molecule has 4 heteroatoms. The van der Waals surface area contributed by atoms with Crippen molar-refractivity contribution in [1.29, 1.82) is 0 Å². The smallest absolute Gasteiger partial charge is 0.431 e. The second-order valence-electron chi connectivity index (χ2n) is 1.97. The number of rotatable bonds is 2. The van der Waals surface area contributed by atoms with Crippen LogP contribution in [0.25, 0.3) is 0 Å². The highest BCUT2D eigenvalue weighted by Gasteiger charge is 2.19. The van der Waals surface area contributed by atoms with E-state index in [0.717, 1.165) is 6.92 Å². The molecule has 0 N–H and O–H groups in total. The molecule has 1 atom stereocenters. The highest BCUT2D eigenvalue weighted by Crippen LogP contribution is 2.20. The zero-order valence-electron chi connectivity index (χ0n) is 17.7. The van der Waals surface area contributed by atoms with Crippen molar-refractivity contribution in [2.24, 2.45) is 0 Å². The van der Waals surface area contributed by atoms with E-state index in [1.54, 1.807) is 0 Å². The minimum Gasteiger partial charge on any atom is -0.431 e. The maximum atomic E-state index is 11.6. The summed E-state index contributed by atoms with van der Waals surface area (Å²) in [6.45, 7) is 1.15. The highest BCUT2D eigenvalue weighted by molar-refractivity contribution is 6.19. The van der Waals surface area contributed by atoms with E-state index >= 15 is 0 Å². The van der Waals surface area contributed by atoms with Gasteiger partial charge in [-0.15, -0.1) is 0 Å². The van der Waals surface area contributed by atoms with Gasteiger partial charge >= 0.3 is 6.16 Å². The summed E-state index contributed by atoms with van der Waals surface area (Å²) in [5.74, 6) is 0. The van der Waals surface area contributed by atoms with Gasteiger partial charge in [0.15, 0.2) is 5.56 Å². The molecule has 1 rings (SSSR count). The lowest BCUT2D eigenvalue weighted by Crippen LogP contribution is -2.22. The lowest BCUT2D eigenvalue weighted by atomic mass is 9.98. The molecule has 0 aromatic carbocycles. The summed E-state index contributed by atoms with van der Waals surface area (Å²) >= 11 is 5.36. The van der Waals surface area contributed by atoms with Crippen LogP contribution in [0.15, 0.2) is 0 Å². The number of hydrogen-bond acceptors (Lipinski definition) is 3.